The van der Waals surface area contributed by atoms with E-state index in [2.05, 4.69) is 112 Å². The summed E-state index contributed by atoms with van der Waals surface area (Å²) in [5.74, 6) is 0. The van der Waals surface area contributed by atoms with Crippen molar-refractivity contribution in [3.63, 3.8) is 0 Å². The van der Waals surface area contributed by atoms with Gasteiger partial charge in [-0.25, -0.2) is 0 Å². The molecule has 0 saturated carbocycles. The second kappa shape index (κ2) is 7.95. The molecule has 0 aliphatic heterocycles. The maximum atomic E-state index is 2.39. The Bertz CT molecular complexity index is 1180. The topological polar surface area (TPSA) is 0 Å². The highest BCUT2D eigenvalue weighted by Gasteiger charge is 2.35. The van der Waals surface area contributed by atoms with Gasteiger partial charge in [0.05, 0.1) is 0 Å². The summed E-state index contributed by atoms with van der Waals surface area (Å²) in [6.07, 6.45) is 0. The predicted molar refractivity (Wildman–Crippen MR) is 131 cm³/mol. The Kier molecular flexibility index (Phi) is 5.35. The van der Waals surface area contributed by atoms with Crippen LogP contribution >= 0.6 is 0 Å². The van der Waals surface area contributed by atoms with Crippen LogP contribution in [0, 0.1) is 6.92 Å². The first-order valence-corrected chi connectivity index (χ1v) is 11.0. The van der Waals surface area contributed by atoms with Crippen LogP contribution in [0.1, 0.15) is 44.4 Å². The highest BCUT2D eigenvalue weighted by Crippen LogP contribution is 2.49. The Balaban J connectivity index is 0.00000106. The fourth-order valence-electron chi connectivity index (χ4n) is 4.56. The minimum absolute atomic E-state index is 0.0451. The lowest BCUT2D eigenvalue weighted by Gasteiger charge is -2.22. The molecule has 0 atom stereocenters. The highest BCUT2D eigenvalue weighted by atomic mass is 14.4. The Morgan fingerprint density at radius 3 is 1.73 bits per heavy atom. The predicted octanol–water partition coefficient (Wildman–Crippen LogP) is 8.66. The van der Waals surface area contributed by atoms with Crippen LogP contribution in [0.25, 0.3) is 33.4 Å². The van der Waals surface area contributed by atoms with Crippen LogP contribution in [0.4, 0.5) is 0 Å². The Morgan fingerprint density at radius 1 is 0.500 bits per heavy atom. The zero-order chi connectivity index (χ0) is 21.3. The zero-order valence-corrected chi connectivity index (χ0v) is 18.7. The lowest BCUT2D eigenvalue weighted by atomic mass is 9.81. The average Bonchev–Trinajstić information content (AvgIpc) is 3.02. The van der Waals surface area contributed by atoms with Crippen molar-refractivity contribution >= 4 is 0 Å². The van der Waals surface area contributed by atoms with Crippen molar-refractivity contribution < 1.29 is 0 Å². The molecule has 0 bridgehead atoms. The van der Waals surface area contributed by atoms with Crippen LogP contribution in [0.15, 0.2) is 91.0 Å². The number of rotatable bonds is 2. The summed E-state index contributed by atoms with van der Waals surface area (Å²) in [5.41, 5.74) is 12.0. The minimum atomic E-state index is 0.0451. The molecular formula is C30H30. The Morgan fingerprint density at radius 2 is 1.07 bits per heavy atom. The first kappa shape index (κ1) is 20.2. The van der Waals surface area contributed by atoms with Crippen LogP contribution in [0.5, 0.6) is 0 Å². The normalized spacial score (nSPS) is 13.1. The van der Waals surface area contributed by atoms with Crippen molar-refractivity contribution in [1.82, 2.24) is 0 Å². The zero-order valence-electron chi connectivity index (χ0n) is 18.7. The van der Waals surface area contributed by atoms with Crippen molar-refractivity contribution in [3.05, 3.63) is 108 Å². The van der Waals surface area contributed by atoms with E-state index in [1.54, 1.807) is 0 Å². The summed E-state index contributed by atoms with van der Waals surface area (Å²) >= 11 is 0. The summed E-state index contributed by atoms with van der Waals surface area (Å²) in [4.78, 5) is 0. The molecule has 4 aromatic carbocycles. The van der Waals surface area contributed by atoms with Gasteiger partial charge in [-0.05, 0) is 57.5 Å². The summed E-state index contributed by atoms with van der Waals surface area (Å²) < 4.78 is 0. The van der Waals surface area contributed by atoms with Gasteiger partial charge in [0.15, 0.2) is 0 Å². The lowest BCUT2D eigenvalue weighted by Crippen LogP contribution is -2.14. The van der Waals surface area contributed by atoms with Crippen molar-refractivity contribution in [3.8, 4) is 33.4 Å². The second-order valence-corrected chi connectivity index (χ2v) is 8.38. The molecule has 0 nitrogen and oxygen atoms in total. The average molecular weight is 391 g/mol. The van der Waals surface area contributed by atoms with E-state index in [1.165, 1.54) is 50.1 Å². The number of benzene rings is 4. The molecule has 0 heteroatoms. The monoisotopic (exact) mass is 390 g/mol. The van der Waals surface area contributed by atoms with Gasteiger partial charge in [0.25, 0.3) is 0 Å². The van der Waals surface area contributed by atoms with Crippen LogP contribution < -0.4 is 0 Å². The molecule has 1 aliphatic rings. The molecule has 0 saturated heterocycles. The standard InChI is InChI=1S/C28H24.C2H6/c1-19-7-6-8-22(17-19)20-11-13-21(14-12-20)23-15-16-25-24-9-4-5-10-26(24)28(2,3)27(25)18-23;1-2/h4-18H,1-3H3;1-2H3. The van der Waals surface area contributed by atoms with Gasteiger partial charge < -0.3 is 0 Å². The van der Waals surface area contributed by atoms with E-state index in [0.29, 0.717) is 0 Å². The number of aryl methyl sites for hydroxylation is 1. The summed E-state index contributed by atoms with van der Waals surface area (Å²) in [6.45, 7) is 10.8. The van der Waals surface area contributed by atoms with Crippen LogP contribution in [0.2, 0.25) is 0 Å². The molecule has 0 aromatic heterocycles. The van der Waals surface area contributed by atoms with Crippen molar-refractivity contribution in [2.45, 2.75) is 40.0 Å². The van der Waals surface area contributed by atoms with E-state index in [4.69, 9.17) is 0 Å². The van der Waals surface area contributed by atoms with Gasteiger partial charge in [0.1, 0.15) is 0 Å². The number of fused-ring (bicyclic) bond motifs is 3. The fraction of sp³-hybridized carbons (Fsp3) is 0.200. The molecule has 30 heavy (non-hydrogen) atoms. The summed E-state index contributed by atoms with van der Waals surface area (Å²) in [6, 6.07) is 33.4. The highest BCUT2D eigenvalue weighted by molar-refractivity contribution is 5.83. The Labute approximate surface area is 181 Å². The minimum Gasteiger partial charge on any atom is -0.0683 e. The van der Waals surface area contributed by atoms with Crippen molar-refractivity contribution in [2.24, 2.45) is 0 Å². The largest absolute Gasteiger partial charge is 0.0683 e. The Hall–Kier alpha value is -3.12. The number of hydrogen-bond donors (Lipinski definition) is 0. The van der Waals surface area contributed by atoms with E-state index >= 15 is 0 Å². The number of hydrogen-bond acceptors (Lipinski definition) is 0. The smallest absolute Gasteiger partial charge is 0.0159 e. The third-order valence-corrected chi connectivity index (χ3v) is 6.15. The van der Waals surface area contributed by atoms with Crippen LogP contribution in [-0.2, 0) is 5.41 Å². The molecule has 0 amide bonds. The molecule has 150 valence electrons. The van der Waals surface area contributed by atoms with Gasteiger partial charge >= 0.3 is 0 Å². The first-order valence-electron chi connectivity index (χ1n) is 11.0. The molecule has 0 radical (unpaired) electrons. The van der Waals surface area contributed by atoms with Crippen LogP contribution in [-0.4, -0.2) is 0 Å². The van der Waals surface area contributed by atoms with Gasteiger partial charge in [0, 0.05) is 5.41 Å². The summed E-state index contributed by atoms with van der Waals surface area (Å²) in [5, 5.41) is 0. The maximum absolute atomic E-state index is 2.39. The molecule has 0 unspecified atom stereocenters. The fourth-order valence-corrected chi connectivity index (χ4v) is 4.56. The van der Waals surface area contributed by atoms with Crippen molar-refractivity contribution in [1.29, 1.82) is 0 Å². The van der Waals surface area contributed by atoms with E-state index in [1.807, 2.05) is 13.8 Å². The van der Waals surface area contributed by atoms with E-state index in [9.17, 15) is 0 Å². The third-order valence-electron chi connectivity index (χ3n) is 6.15. The van der Waals surface area contributed by atoms with Crippen LogP contribution in [0.3, 0.4) is 0 Å². The van der Waals surface area contributed by atoms with E-state index < -0.39 is 0 Å². The SMILES string of the molecule is CC.Cc1cccc(-c2ccc(-c3ccc4c(c3)C(C)(C)c3ccccc3-4)cc2)c1. The molecular weight excluding hydrogens is 360 g/mol. The van der Waals surface area contributed by atoms with Gasteiger partial charge in [-0.15, -0.1) is 0 Å². The van der Waals surface area contributed by atoms with Crippen molar-refractivity contribution in [2.75, 3.05) is 0 Å². The van der Waals surface area contributed by atoms with Gasteiger partial charge in [0.2, 0.25) is 0 Å². The molecule has 0 heterocycles. The quantitative estimate of drug-likeness (QED) is 0.321. The third kappa shape index (κ3) is 3.37. The van der Waals surface area contributed by atoms with E-state index in [-0.39, 0.29) is 5.41 Å². The molecule has 1 aliphatic carbocycles. The van der Waals surface area contributed by atoms with E-state index in [0.717, 1.165) is 0 Å². The molecule has 0 fully saturated rings. The molecule has 5 rings (SSSR count). The molecule has 0 N–H and O–H groups in total. The first-order chi connectivity index (χ1) is 14.5. The summed E-state index contributed by atoms with van der Waals surface area (Å²) in [7, 11) is 0. The lowest BCUT2D eigenvalue weighted by molar-refractivity contribution is 0.660. The molecule has 4 aromatic rings. The van der Waals surface area contributed by atoms with Gasteiger partial charge in [-0.3, -0.25) is 0 Å². The maximum Gasteiger partial charge on any atom is 0.0159 e. The van der Waals surface area contributed by atoms with Gasteiger partial charge in [-0.1, -0.05) is 118 Å². The molecule has 0 spiro atoms. The van der Waals surface area contributed by atoms with Gasteiger partial charge in [-0.2, -0.15) is 0 Å². The second-order valence-electron chi connectivity index (χ2n) is 8.38.